The molecule has 194 valence electrons. The molecule has 0 saturated heterocycles. The van der Waals surface area contributed by atoms with Gasteiger partial charge in [0.05, 0.1) is 25.2 Å². The molecule has 2 N–H and O–H groups in total. The molecule has 2 aromatic heterocycles. The number of halogens is 3. The molecule has 11 heteroatoms. The van der Waals surface area contributed by atoms with Crippen molar-refractivity contribution in [2.45, 2.75) is 51.6 Å². The van der Waals surface area contributed by atoms with Crippen molar-refractivity contribution < 1.29 is 37.7 Å². The molecule has 1 atom stereocenters. The van der Waals surface area contributed by atoms with Gasteiger partial charge >= 0.3 is 12.1 Å². The van der Waals surface area contributed by atoms with Crippen LogP contribution >= 0.6 is 0 Å². The Labute approximate surface area is 206 Å². The largest absolute Gasteiger partial charge is 0.508 e. The molecule has 0 bridgehead atoms. The lowest BCUT2D eigenvalue weighted by molar-refractivity contribution is -0.138. The number of phenols is 1. The maximum absolute atomic E-state index is 12.8. The number of aryl methyl sites for hydroxylation is 1. The Kier molecular flexibility index (Phi) is 8.78. The first-order chi connectivity index (χ1) is 17.1. The zero-order valence-corrected chi connectivity index (χ0v) is 20.0. The van der Waals surface area contributed by atoms with Crippen molar-refractivity contribution >= 4 is 5.97 Å². The van der Waals surface area contributed by atoms with Gasteiger partial charge in [0.25, 0.3) is 0 Å². The van der Waals surface area contributed by atoms with Crippen molar-refractivity contribution in [1.29, 1.82) is 0 Å². The maximum Gasteiger partial charge on any atom is 0.417 e. The summed E-state index contributed by atoms with van der Waals surface area (Å²) < 4.78 is 51.1. The van der Waals surface area contributed by atoms with E-state index in [9.17, 15) is 23.1 Å². The molecule has 36 heavy (non-hydrogen) atoms. The van der Waals surface area contributed by atoms with Gasteiger partial charge in [0.1, 0.15) is 11.5 Å². The molecule has 0 spiro atoms. The Bertz CT molecular complexity index is 1160. The first-order valence-corrected chi connectivity index (χ1v) is 11.5. The summed E-state index contributed by atoms with van der Waals surface area (Å²) in [7, 11) is 0. The Hall–Kier alpha value is -3.76. The number of phenolic OH excluding ortho intramolecular Hbond substituents is 1. The van der Waals surface area contributed by atoms with Gasteiger partial charge in [0.15, 0.2) is 5.82 Å². The highest BCUT2D eigenvalue weighted by Crippen LogP contribution is 2.34. The molecule has 0 amide bonds. The summed E-state index contributed by atoms with van der Waals surface area (Å²) in [4.78, 5) is 14.9. The zero-order chi connectivity index (χ0) is 26.3. The second-order valence-electron chi connectivity index (χ2n) is 8.12. The lowest BCUT2D eigenvalue weighted by Crippen LogP contribution is -2.07. The van der Waals surface area contributed by atoms with Gasteiger partial charge in [-0.3, -0.25) is 4.79 Å². The number of rotatable bonds is 12. The van der Waals surface area contributed by atoms with Crippen LogP contribution in [0.4, 0.5) is 13.2 Å². The van der Waals surface area contributed by atoms with Gasteiger partial charge in [-0.1, -0.05) is 13.0 Å². The smallest absolute Gasteiger partial charge is 0.417 e. The van der Waals surface area contributed by atoms with Crippen LogP contribution in [0.15, 0.2) is 42.7 Å². The van der Waals surface area contributed by atoms with Crippen molar-refractivity contribution in [2.75, 3.05) is 13.2 Å². The quantitative estimate of drug-likeness (QED) is 0.318. The van der Waals surface area contributed by atoms with Crippen molar-refractivity contribution in [3.8, 4) is 23.2 Å². The number of carbonyl (C=O) groups is 1. The third-order valence-electron chi connectivity index (χ3n) is 5.56. The third kappa shape index (κ3) is 6.89. The monoisotopic (exact) mass is 507 g/mol. The number of aromatic hydroxyl groups is 1. The zero-order valence-electron chi connectivity index (χ0n) is 20.0. The van der Waals surface area contributed by atoms with Gasteiger partial charge in [0, 0.05) is 24.0 Å². The van der Waals surface area contributed by atoms with Crippen LogP contribution in [0.1, 0.15) is 55.7 Å². The molecule has 0 saturated carbocycles. The average Bonchev–Trinajstić information content (AvgIpc) is 3.23. The molecule has 0 aliphatic rings. The Balaban J connectivity index is 1.62. The molecule has 3 aromatic rings. The lowest BCUT2D eigenvalue weighted by atomic mass is 9.92. The number of hydrogen-bond donors (Lipinski definition) is 2. The first-order valence-electron chi connectivity index (χ1n) is 11.5. The van der Waals surface area contributed by atoms with Gasteiger partial charge in [-0.15, -0.1) is 5.10 Å². The fourth-order valence-electron chi connectivity index (χ4n) is 3.73. The summed E-state index contributed by atoms with van der Waals surface area (Å²) in [5.41, 5.74) is 0.477. The summed E-state index contributed by atoms with van der Waals surface area (Å²) in [6.45, 7) is 4.36. The number of carboxylic acids is 1. The second-order valence-corrected chi connectivity index (χ2v) is 8.12. The highest BCUT2D eigenvalue weighted by atomic mass is 19.4. The number of ether oxygens (including phenoxy) is 2. The molecular weight excluding hydrogens is 479 g/mol. The van der Waals surface area contributed by atoms with E-state index in [2.05, 4.69) is 10.1 Å². The number of aliphatic carboxylic acids is 1. The molecule has 1 unspecified atom stereocenters. The predicted octanol–water partition coefficient (Wildman–Crippen LogP) is 5.37. The van der Waals surface area contributed by atoms with E-state index in [1.54, 1.807) is 25.3 Å². The highest BCUT2D eigenvalue weighted by Gasteiger charge is 2.30. The standard InChI is InChI=1S/C25H28F3N3O5/c1-3-16(12-23(33)34)20-9-8-19(13-21(20)32)36-11-5-6-17-15-31(30-24(17)35-4-2)22-10-7-18(14-29-22)25(26,27)28/h7-10,13-16,32H,3-6,11-12H2,1-2H3,(H,33,34). The van der Waals surface area contributed by atoms with Crippen LogP contribution < -0.4 is 9.47 Å². The fourth-order valence-corrected chi connectivity index (χ4v) is 3.73. The molecule has 0 fully saturated rings. The van der Waals surface area contributed by atoms with E-state index < -0.39 is 17.7 Å². The van der Waals surface area contributed by atoms with Gasteiger partial charge in [-0.05, 0) is 55.9 Å². The van der Waals surface area contributed by atoms with Crippen LogP contribution in [0, 0.1) is 0 Å². The van der Waals surface area contributed by atoms with Gasteiger partial charge in [0.2, 0.25) is 5.88 Å². The predicted molar refractivity (Wildman–Crippen MR) is 125 cm³/mol. The summed E-state index contributed by atoms with van der Waals surface area (Å²) in [5, 5.41) is 23.7. The van der Waals surface area contributed by atoms with Crippen LogP contribution in [0.2, 0.25) is 0 Å². The molecule has 0 aliphatic heterocycles. The Morgan fingerprint density at radius 1 is 1.17 bits per heavy atom. The summed E-state index contributed by atoms with van der Waals surface area (Å²) >= 11 is 0. The summed E-state index contributed by atoms with van der Waals surface area (Å²) in [6.07, 6.45) is -0.434. The average molecular weight is 508 g/mol. The number of aromatic nitrogens is 3. The topological polar surface area (TPSA) is 107 Å². The van der Waals surface area contributed by atoms with Crippen molar-refractivity contribution in [3.63, 3.8) is 0 Å². The number of alkyl halides is 3. The van der Waals surface area contributed by atoms with Crippen LogP contribution in [-0.4, -0.2) is 44.2 Å². The first kappa shape index (κ1) is 26.8. The van der Waals surface area contributed by atoms with Gasteiger partial charge < -0.3 is 19.7 Å². The third-order valence-corrected chi connectivity index (χ3v) is 5.56. The molecule has 0 aliphatic carbocycles. The fraction of sp³-hybridized carbons (Fsp3) is 0.400. The van der Waals surface area contributed by atoms with E-state index in [1.807, 2.05) is 6.92 Å². The minimum Gasteiger partial charge on any atom is -0.508 e. The number of benzene rings is 1. The second kappa shape index (κ2) is 11.8. The molecule has 2 heterocycles. The van der Waals surface area contributed by atoms with Crippen molar-refractivity contribution in [1.82, 2.24) is 14.8 Å². The normalized spacial score (nSPS) is 12.4. The summed E-state index contributed by atoms with van der Waals surface area (Å²) in [6, 6.07) is 7.03. The van der Waals surface area contributed by atoms with E-state index in [4.69, 9.17) is 14.6 Å². The Morgan fingerprint density at radius 2 is 1.94 bits per heavy atom. The van der Waals surface area contributed by atoms with Crippen molar-refractivity contribution in [2.24, 2.45) is 0 Å². The molecule has 3 rings (SSSR count). The lowest BCUT2D eigenvalue weighted by Gasteiger charge is -2.15. The van der Waals surface area contributed by atoms with Gasteiger partial charge in [-0.2, -0.15) is 13.2 Å². The van der Waals surface area contributed by atoms with Gasteiger partial charge in [-0.25, -0.2) is 9.67 Å². The van der Waals surface area contributed by atoms with Crippen LogP contribution in [-0.2, 0) is 17.4 Å². The van der Waals surface area contributed by atoms with Crippen LogP contribution in [0.5, 0.6) is 17.4 Å². The maximum atomic E-state index is 12.8. The SMILES string of the molecule is CCOc1nn(-c2ccc(C(F)(F)F)cn2)cc1CCCOc1ccc(C(CC)CC(=O)O)c(O)c1. The molecule has 0 radical (unpaired) electrons. The number of hydrogen-bond acceptors (Lipinski definition) is 6. The van der Waals surface area contributed by atoms with E-state index in [1.165, 1.54) is 16.8 Å². The molecule has 1 aromatic carbocycles. The van der Waals surface area contributed by atoms with E-state index in [-0.39, 0.29) is 23.9 Å². The minimum atomic E-state index is -4.47. The number of carboxylic acid groups (broad SMARTS) is 1. The highest BCUT2D eigenvalue weighted by molar-refractivity contribution is 5.68. The minimum absolute atomic E-state index is 0.00968. The Morgan fingerprint density at radius 3 is 2.53 bits per heavy atom. The van der Waals surface area contributed by atoms with Crippen LogP contribution in [0.25, 0.3) is 5.82 Å². The summed E-state index contributed by atoms with van der Waals surface area (Å²) in [5.74, 6) is -0.171. The van der Waals surface area contributed by atoms with Crippen LogP contribution in [0.3, 0.4) is 0 Å². The van der Waals surface area contributed by atoms with E-state index in [0.717, 1.165) is 17.8 Å². The molecule has 8 nitrogen and oxygen atoms in total. The van der Waals surface area contributed by atoms with E-state index in [0.29, 0.717) is 49.7 Å². The van der Waals surface area contributed by atoms with Crippen molar-refractivity contribution in [3.05, 3.63) is 59.4 Å². The number of nitrogens with zero attached hydrogens (tertiary/aromatic N) is 3. The molecular formula is C25H28F3N3O5. The number of pyridine rings is 1. The van der Waals surface area contributed by atoms with E-state index >= 15 is 0 Å².